The van der Waals surface area contributed by atoms with E-state index in [1.165, 1.54) is 55.0 Å². The van der Waals surface area contributed by atoms with Gasteiger partial charge in [-0.3, -0.25) is 0 Å². The molecule has 0 aliphatic rings. The molecule has 0 bridgehead atoms. The molecule has 2 aromatic heterocycles. The van der Waals surface area contributed by atoms with Crippen LogP contribution in [0.1, 0.15) is 0 Å². The van der Waals surface area contributed by atoms with Gasteiger partial charge in [-0.2, -0.15) is 0 Å². The van der Waals surface area contributed by atoms with Crippen LogP contribution in [0.5, 0.6) is 0 Å². The molecule has 2 nitrogen and oxygen atoms in total. The third-order valence-electron chi connectivity index (χ3n) is 6.49. The molecule has 150 valence electrons. The minimum absolute atomic E-state index is 1.18. The van der Waals surface area contributed by atoms with Crippen LogP contribution in [0.15, 0.2) is 121 Å². The summed E-state index contributed by atoms with van der Waals surface area (Å²) in [6, 6.07) is 43.5. The molecule has 2 heteroatoms. The van der Waals surface area contributed by atoms with Crippen LogP contribution in [0.3, 0.4) is 0 Å². The van der Waals surface area contributed by atoms with E-state index in [-0.39, 0.29) is 0 Å². The maximum absolute atomic E-state index is 2.39. The van der Waals surface area contributed by atoms with Gasteiger partial charge in [-0.15, -0.1) is 0 Å². The molecule has 0 fully saturated rings. The van der Waals surface area contributed by atoms with Crippen molar-refractivity contribution >= 4 is 43.6 Å². The summed E-state index contributed by atoms with van der Waals surface area (Å²) in [7, 11) is 0. The first kappa shape index (κ1) is 17.4. The summed E-state index contributed by atoms with van der Waals surface area (Å²) in [6.07, 6.45) is 0. The lowest BCUT2D eigenvalue weighted by Gasteiger charge is -2.10. The summed E-state index contributed by atoms with van der Waals surface area (Å²) in [4.78, 5) is 0. The predicted molar refractivity (Wildman–Crippen MR) is 135 cm³/mol. The average Bonchev–Trinajstić information content (AvgIpc) is 3.36. The van der Waals surface area contributed by atoms with Crippen molar-refractivity contribution in [2.75, 3.05) is 0 Å². The third kappa shape index (κ3) is 2.35. The quantitative estimate of drug-likeness (QED) is 0.275. The van der Waals surface area contributed by atoms with Crippen LogP contribution in [0.2, 0.25) is 0 Å². The van der Waals surface area contributed by atoms with Crippen molar-refractivity contribution in [3.63, 3.8) is 0 Å². The first-order valence-electron chi connectivity index (χ1n) is 11.0. The molecule has 7 aromatic rings. The van der Waals surface area contributed by atoms with Crippen molar-refractivity contribution in [3.8, 4) is 11.4 Å². The van der Waals surface area contributed by atoms with Crippen LogP contribution >= 0.6 is 0 Å². The van der Waals surface area contributed by atoms with Crippen LogP contribution in [0, 0.1) is 0 Å². The number of rotatable bonds is 2. The van der Waals surface area contributed by atoms with Gasteiger partial charge in [-0.05, 0) is 48.5 Å². The molecule has 2 heterocycles. The lowest BCUT2D eigenvalue weighted by atomic mass is 10.1. The number of fused-ring (bicyclic) bond motifs is 6. The first-order valence-corrected chi connectivity index (χ1v) is 11.0. The molecule has 0 aliphatic carbocycles. The van der Waals surface area contributed by atoms with Gasteiger partial charge in [-0.25, -0.2) is 0 Å². The number of benzene rings is 5. The second kappa shape index (κ2) is 6.60. The van der Waals surface area contributed by atoms with Crippen molar-refractivity contribution in [1.29, 1.82) is 0 Å². The molecule has 0 unspecified atom stereocenters. The molecule has 0 aliphatic heterocycles. The molecule has 0 amide bonds. The van der Waals surface area contributed by atoms with E-state index in [4.69, 9.17) is 0 Å². The monoisotopic (exact) mass is 408 g/mol. The van der Waals surface area contributed by atoms with Crippen LogP contribution in [0.4, 0.5) is 0 Å². The number of para-hydroxylation sites is 4. The fourth-order valence-corrected chi connectivity index (χ4v) is 5.14. The Morgan fingerprint density at radius 2 is 0.719 bits per heavy atom. The lowest BCUT2D eigenvalue weighted by molar-refractivity contribution is 1.16. The Bertz CT molecular complexity index is 1620. The standard InChI is InChI=1S/C30H20N2/c1-3-11-21(12-4-1)31-27-17-9-7-15-23(27)25-19-26-24-16-8-10-18-28(24)32(30(26)20-29(25)31)22-13-5-2-6-14-22/h1-20H. The Balaban J connectivity index is 1.71. The second-order valence-electron chi connectivity index (χ2n) is 8.26. The zero-order chi connectivity index (χ0) is 21.1. The zero-order valence-corrected chi connectivity index (χ0v) is 17.4. The highest BCUT2D eigenvalue weighted by Crippen LogP contribution is 2.39. The Morgan fingerprint density at radius 3 is 1.19 bits per heavy atom. The zero-order valence-electron chi connectivity index (χ0n) is 17.4. The van der Waals surface area contributed by atoms with Gasteiger partial charge in [0.15, 0.2) is 0 Å². The molecule has 0 saturated carbocycles. The first-order chi connectivity index (χ1) is 15.9. The molecule has 7 rings (SSSR count). The summed E-state index contributed by atoms with van der Waals surface area (Å²) in [5.41, 5.74) is 7.28. The number of nitrogens with zero attached hydrogens (tertiary/aromatic N) is 2. The minimum Gasteiger partial charge on any atom is -0.309 e. The van der Waals surface area contributed by atoms with Gasteiger partial charge < -0.3 is 9.13 Å². The Labute approximate surface area is 185 Å². The van der Waals surface area contributed by atoms with E-state index in [0.717, 1.165) is 0 Å². The fraction of sp³-hybridized carbons (Fsp3) is 0. The van der Waals surface area contributed by atoms with Crippen molar-refractivity contribution in [1.82, 2.24) is 9.13 Å². The SMILES string of the molecule is c1ccc(-n2c3ccccc3c3cc4c5ccccc5n(-c5ccccc5)c4cc32)cc1. The van der Waals surface area contributed by atoms with Gasteiger partial charge in [0.05, 0.1) is 22.1 Å². The molecule has 0 N–H and O–H groups in total. The third-order valence-corrected chi connectivity index (χ3v) is 6.49. The average molecular weight is 409 g/mol. The minimum atomic E-state index is 1.18. The number of aromatic nitrogens is 2. The van der Waals surface area contributed by atoms with Crippen molar-refractivity contribution in [2.45, 2.75) is 0 Å². The predicted octanol–water partition coefficient (Wildman–Crippen LogP) is 7.88. The summed E-state index contributed by atoms with van der Waals surface area (Å²) >= 11 is 0. The Hall–Kier alpha value is -4.30. The van der Waals surface area contributed by atoms with Gasteiger partial charge >= 0.3 is 0 Å². The molecule has 0 spiro atoms. The molecule has 5 aromatic carbocycles. The van der Waals surface area contributed by atoms with Crippen molar-refractivity contribution in [2.24, 2.45) is 0 Å². The van der Waals surface area contributed by atoms with E-state index in [9.17, 15) is 0 Å². The summed E-state index contributed by atoms with van der Waals surface area (Å²) < 4.78 is 4.77. The summed E-state index contributed by atoms with van der Waals surface area (Å²) in [5, 5.41) is 5.13. The van der Waals surface area contributed by atoms with E-state index in [0.29, 0.717) is 0 Å². The van der Waals surface area contributed by atoms with Crippen molar-refractivity contribution < 1.29 is 0 Å². The van der Waals surface area contributed by atoms with Crippen LogP contribution in [-0.4, -0.2) is 9.13 Å². The Morgan fingerprint density at radius 1 is 0.312 bits per heavy atom. The van der Waals surface area contributed by atoms with Crippen molar-refractivity contribution in [3.05, 3.63) is 121 Å². The highest BCUT2D eigenvalue weighted by atomic mass is 15.0. The van der Waals surface area contributed by atoms with Crippen LogP contribution < -0.4 is 0 Å². The molecule has 32 heavy (non-hydrogen) atoms. The maximum Gasteiger partial charge on any atom is 0.0562 e. The van der Waals surface area contributed by atoms with E-state index in [2.05, 4.69) is 130 Å². The van der Waals surface area contributed by atoms with Crippen LogP contribution in [-0.2, 0) is 0 Å². The van der Waals surface area contributed by atoms with Crippen LogP contribution in [0.25, 0.3) is 55.0 Å². The normalized spacial score (nSPS) is 11.8. The molecule has 0 radical (unpaired) electrons. The topological polar surface area (TPSA) is 9.86 Å². The molecular weight excluding hydrogens is 388 g/mol. The number of hydrogen-bond donors (Lipinski definition) is 0. The molecule has 0 saturated heterocycles. The summed E-state index contributed by atoms with van der Waals surface area (Å²) in [6.45, 7) is 0. The summed E-state index contributed by atoms with van der Waals surface area (Å²) in [5.74, 6) is 0. The Kier molecular flexibility index (Phi) is 3.58. The second-order valence-corrected chi connectivity index (χ2v) is 8.26. The highest BCUT2D eigenvalue weighted by molar-refractivity contribution is 6.19. The molecular formula is C30H20N2. The van der Waals surface area contributed by atoms with Gasteiger partial charge in [-0.1, -0.05) is 72.8 Å². The largest absolute Gasteiger partial charge is 0.309 e. The lowest BCUT2D eigenvalue weighted by Crippen LogP contribution is -1.95. The van der Waals surface area contributed by atoms with Gasteiger partial charge in [0.1, 0.15) is 0 Å². The van der Waals surface area contributed by atoms with Gasteiger partial charge in [0.25, 0.3) is 0 Å². The number of hydrogen-bond acceptors (Lipinski definition) is 0. The van der Waals surface area contributed by atoms with E-state index >= 15 is 0 Å². The van der Waals surface area contributed by atoms with E-state index < -0.39 is 0 Å². The maximum atomic E-state index is 2.39. The van der Waals surface area contributed by atoms with E-state index in [1.54, 1.807) is 0 Å². The van der Waals surface area contributed by atoms with Gasteiger partial charge in [0.2, 0.25) is 0 Å². The molecule has 0 atom stereocenters. The van der Waals surface area contributed by atoms with Gasteiger partial charge in [0, 0.05) is 32.9 Å². The fourth-order valence-electron chi connectivity index (χ4n) is 5.14. The smallest absolute Gasteiger partial charge is 0.0562 e. The van der Waals surface area contributed by atoms with E-state index in [1.807, 2.05) is 0 Å². The highest BCUT2D eigenvalue weighted by Gasteiger charge is 2.17.